The van der Waals surface area contributed by atoms with Crippen molar-refractivity contribution in [1.29, 1.82) is 0 Å². The summed E-state index contributed by atoms with van der Waals surface area (Å²) in [4.78, 5) is 14.3. The van der Waals surface area contributed by atoms with Crippen molar-refractivity contribution in [1.82, 2.24) is 4.98 Å². The van der Waals surface area contributed by atoms with Gasteiger partial charge in [-0.05, 0) is 24.6 Å². The molecular weight excluding hydrogens is 259 g/mol. The van der Waals surface area contributed by atoms with E-state index in [1.165, 1.54) is 12.1 Å². The molecule has 0 amide bonds. The summed E-state index contributed by atoms with van der Waals surface area (Å²) in [6, 6.07) is 5.91. The normalized spacial score (nSPS) is 11.8. The van der Waals surface area contributed by atoms with E-state index in [-0.39, 0.29) is 17.9 Å². The molecule has 0 fully saturated rings. The molecule has 0 radical (unpaired) electrons. The topological polar surface area (TPSA) is 42.1 Å². The van der Waals surface area contributed by atoms with Crippen molar-refractivity contribution in [2.75, 3.05) is 6.61 Å². The first-order chi connectivity index (χ1) is 8.89. The molecule has 2 aromatic rings. The first-order valence-corrected chi connectivity index (χ1v) is 5.74. The Morgan fingerprint density at radius 3 is 2.68 bits per heavy atom. The van der Waals surface area contributed by atoms with Gasteiger partial charge in [0.2, 0.25) is 0 Å². The molecule has 0 aliphatic carbocycles. The standard InChI is InChI=1S/C13H12F3NO2/c1-2-19-12(18)11-6-9-4-3-8(5-10(9)17-11)7-13(14,15)16/h3-6,17H,2,7H2,1H3. The number of carbonyl (C=O) groups excluding carboxylic acids is 1. The molecule has 1 heterocycles. The molecular formula is C13H12F3NO2. The lowest BCUT2D eigenvalue weighted by Crippen LogP contribution is -2.11. The highest BCUT2D eigenvalue weighted by Gasteiger charge is 2.27. The first kappa shape index (κ1) is 13.5. The van der Waals surface area contributed by atoms with Crippen molar-refractivity contribution in [2.45, 2.75) is 19.5 Å². The van der Waals surface area contributed by atoms with Crippen molar-refractivity contribution < 1.29 is 22.7 Å². The molecule has 3 nitrogen and oxygen atoms in total. The van der Waals surface area contributed by atoms with E-state index in [0.29, 0.717) is 10.9 Å². The van der Waals surface area contributed by atoms with Gasteiger partial charge < -0.3 is 9.72 Å². The molecule has 1 aromatic heterocycles. The van der Waals surface area contributed by atoms with Crippen molar-refractivity contribution in [3.8, 4) is 0 Å². The highest BCUT2D eigenvalue weighted by atomic mass is 19.4. The average Bonchev–Trinajstić information content (AvgIpc) is 2.70. The van der Waals surface area contributed by atoms with Crippen LogP contribution in [0.25, 0.3) is 10.9 Å². The predicted octanol–water partition coefficient (Wildman–Crippen LogP) is 3.45. The molecule has 0 saturated carbocycles. The van der Waals surface area contributed by atoms with E-state index in [1.807, 2.05) is 0 Å². The number of esters is 1. The number of aromatic nitrogens is 1. The van der Waals surface area contributed by atoms with E-state index in [9.17, 15) is 18.0 Å². The number of fused-ring (bicyclic) bond motifs is 1. The van der Waals surface area contributed by atoms with Crippen LogP contribution >= 0.6 is 0 Å². The van der Waals surface area contributed by atoms with E-state index in [4.69, 9.17) is 4.74 Å². The van der Waals surface area contributed by atoms with Crippen LogP contribution in [0.2, 0.25) is 0 Å². The summed E-state index contributed by atoms with van der Waals surface area (Å²) in [5, 5.41) is 0.675. The van der Waals surface area contributed by atoms with Gasteiger partial charge in [0.05, 0.1) is 13.0 Å². The van der Waals surface area contributed by atoms with Crippen LogP contribution < -0.4 is 0 Å². The maximum absolute atomic E-state index is 12.3. The van der Waals surface area contributed by atoms with Gasteiger partial charge in [-0.25, -0.2) is 4.79 Å². The van der Waals surface area contributed by atoms with Crippen LogP contribution in [0.4, 0.5) is 13.2 Å². The zero-order valence-electron chi connectivity index (χ0n) is 10.2. The molecule has 2 rings (SSSR count). The number of H-pyrrole nitrogens is 1. The molecule has 0 atom stereocenters. The molecule has 0 unspecified atom stereocenters. The van der Waals surface area contributed by atoms with Gasteiger partial charge in [0.1, 0.15) is 5.69 Å². The van der Waals surface area contributed by atoms with Crippen molar-refractivity contribution >= 4 is 16.9 Å². The maximum Gasteiger partial charge on any atom is 0.393 e. The number of hydrogen-bond donors (Lipinski definition) is 1. The molecule has 0 spiro atoms. The highest BCUT2D eigenvalue weighted by Crippen LogP contribution is 2.24. The lowest BCUT2D eigenvalue weighted by Gasteiger charge is -2.05. The van der Waals surface area contributed by atoms with Crippen LogP contribution in [-0.2, 0) is 11.2 Å². The number of carbonyl (C=O) groups is 1. The lowest BCUT2D eigenvalue weighted by atomic mass is 10.1. The van der Waals surface area contributed by atoms with Gasteiger partial charge in [-0.2, -0.15) is 13.2 Å². The molecule has 0 bridgehead atoms. The molecule has 0 aliphatic heterocycles. The van der Waals surface area contributed by atoms with E-state index in [1.54, 1.807) is 19.1 Å². The van der Waals surface area contributed by atoms with Crippen LogP contribution in [0.1, 0.15) is 23.0 Å². The smallest absolute Gasteiger partial charge is 0.393 e. The number of aromatic amines is 1. The van der Waals surface area contributed by atoms with Gasteiger partial charge >= 0.3 is 12.1 Å². The van der Waals surface area contributed by atoms with E-state index < -0.39 is 18.6 Å². The third-order valence-corrected chi connectivity index (χ3v) is 2.59. The van der Waals surface area contributed by atoms with Crippen LogP contribution in [0, 0.1) is 0 Å². The quantitative estimate of drug-likeness (QED) is 0.869. The Hall–Kier alpha value is -1.98. The van der Waals surface area contributed by atoms with Crippen LogP contribution in [0.3, 0.4) is 0 Å². The Morgan fingerprint density at radius 1 is 1.32 bits per heavy atom. The van der Waals surface area contributed by atoms with Crippen molar-refractivity contribution in [3.63, 3.8) is 0 Å². The largest absolute Gasteiger partial charge is 0.461 e. The summed E-state index contributed by atoms with van der Waals surface area (Å²) in [6.45, 7) is 1.93. The Bertz CT molecular complexity index is 601. The number of nitrogens with one attached hydrogen (secondary N) is 1. The highest BCUT2D eigenvalue weighted by molar-refractivity contribution is 5.94. The molecule has 102 valence electrons. The summed E-state index contributed by atoms with van der Waals surface area (Å²) in [6.07, 6.45) is -5.24. The summed E-state index contributed by atoms with van der Waals surface area (Å²) in [5.41, 5.74) is 0.878. The fraction of sp³-hybridized carbons (Fsp3) is 0.308. The minimum Gasteiger partial charge on any atom is -0.461 e. The van der Waals surface area contributed by atoms with Gasteiger partial charge in [0.15, 0.2) is 0 Å². The second-order valence-corrected chi connectivity index (χ2v) is 4.12. The summed E-state index contributed by atoms with van der Waals surface area (Å²) >= 11 is 0. The molecule has 0 saturated heterocycles. The number of rotatable bonds is 3. The SMILES string of the molecule is CCOC(=O)c1cc2ccc(CC(F)(F)F)cc2[nH]1. The maximum atomic E-state index is 12.3. The van der Waals surface area contributed by atoms with Gasteiger partial charge in [-0.15, -0.1) is 0 Å². The minimum atomic E-state index is -4.25. The number of ether oxygens (including phenoxy) is 1. The Kier molecular flexibility index (Phi) is 3.50. The van der Waals surface area contributed by atoms with E-state index in [2.05, 4.69) is 4.98 Å². The first-order valence-electron chi connectivity index (χ1n) is 5.74. The fourth-order valence-electron chi connectivity index (χ4n) is 1.83. The van der Waals surface area contributed by atoms with Crippen molar-refractivity contribution in [3.05, 3.63) is 35.5 Å². The van der Waals surface area contributed by atoms with Crippen molar-refractivity contribution in [2.24, 2.45) is 0 Å². The second kappa shape index (κ2) is 4.95. The van der Waals surface area contributed by atoms with Gasteiger partial charge in [-0.3, -0.25) is 0 Å². The van der Waals surface area contributed by atoms with E-state index >= 15 is 0 Å². The van der Waals surface area contributed by atoms with Gasteiger partial charge in [0, 0.05) is 10.9 Å². The average molecular weight is 271 g/mol. The second-order valence-electron chi connectivity index (χ2n) is 4.12. The molecule has 1 aromatic carbocycles. The van der Waals surface area contributed by atoms with Crippen LogP contribution in [0.15, 0.2) is 24.3 Å². The van der Waals surface area contributed by atoms with Gasteiger partial charge in [-0.1, -0.05) is 12.1 Å². The number of benzene rings is 1. The zero-order valence-corrected chi connectivity index (χ0v) is 10.2. The zero-order chi connectivity index (χ0) is 14.0. The molecule has 0 aliphatic rings. The minimum absolute atomic E-state index is 0.150. The van der Waals surface area contributed by atoms with Crippen LogP contribution in [0.5, 0.6) is 0 Å². The Balaban J connectivity index is 2.31. The Labute approximate surface area is 107 Å². The molecule has 1 N–H and O–H groups in total. The predicted molar refractivity (Wildman–Crippen MR) is 64.0 cm³/mol. The number of alkyl halides is 3. The fourth-order valence-corrected chi connectivity index (χ4v) is 1.83. The van der Waals surface area contributed by atoms with Gasteiger partial charge in [0.25, 0.3) is 0 Å². The number of hydrogen-bond acceptors (Lipinski definition) is 2. The summed E-state index contributed by atoms with van der Waals surface area (Å²) in [5.74, 6) is -0.518. The summed E-state index contributed by atoms with van der Waals surface area (Å²) in [7, 11) is 0. The Morgan fingerprint density at radius 2 is 2.05 bits per heavy atom. The van der Waals surface area contributed by atoms with Crippen LogP contribution in [-0.4, -0.2) is 23.7 Å². The monoisotopic (exact) mass is 271 g/mol. The lowest BCUT2D eigenvalue weighted by molar-refractivity contribution is -0.127. The summed E-state index contributed by atoms with van der Waals surface area (Å²) < 4.78 is 41.7. The third-order valence-electron chi connectivity index (χ3n) is 2.59. The number of halogens is 3. The third kappa shape index (κ3) is 3.27. The van der Waals surface area contributed by atoms with E-state index in [0.717, 1.165) is 0 Å². The molecule has 6 heteroatoms. The molecule has 19 heavy (non-hydrogen) atoms.